The quantitative estimate of drug-likeness (QED) is 0.373. The van der Waals surface area contributed by atoms with E-state index in [2.05, 4.69) is 45.4 Å². The standard InChI is InChI=1S/C26H25N7O3/c1-16-7-5-10-22(18(16)3)32-25-21(13-29-32)26(28-15-27-25)33-23(11-17(2)31-33)30-24(34)14-36-20-9-6-8-19(12-20)35-4/h5-13,15H,14H2,1-4H3,(H,30,34). The number of hydrogen-bond acceptors (Lipinski definition) is 7. The van der Waals surface area contributed by atoms with E-state index in [0.717, 1.165) is 16.8 Å². The molecule has 3 aromatic heterocycles. The van der Waals surface area contributed by atoms with Crippen LogP contribution in [0.15, 0.2) is 61.1 Å². The van der Waals surface area contributed by atoms with Crippen LogP contribution in [-0.4, -0.2) is 49.2 Å². The average Bonchev–Trinajstić information content (AvgIpc) is 3.47. The summed E-state index contributed by atoms with van der Waals surface area (Å²) in [5, 5.41) is 12.7. The van der Waals surface area contributed by atoms with Crippen LogP contribution in [0.25, 0.3) is 22.5 Å². The Balaban J connectivity index is 1.43. The largest absolute Gasteiger partial charge is 0.497 e. The summed E-state index contributed by atoms with van der Waals surface area (Å²) < 4.78 is 14.2. The number of hydrogen-bond donors (Lipinski definition) is 1. The summed E-state index contributed by atoms with van der Waals surface area (Å²) in [6.45, 7) is 5.78. The van der Waals surface area contributed by atoms with E-state index in [0.29, 0.717) is 39.9 Å². The van der Waals surface area contributed by atoms with Crippen molar-refractivity contribution in [3.05, 3.63) is 77.9 Å². The molecule has 0 fully saturated rings. The maximum atomic E-state index is 12.7. The van der Waals surface area contributed by atoms with E-state index in [1.807, 2.05) is 19.1 Å². The minimum absolute atomic E-state index is 0.179. The van der Waals surface area contributed by atoms with Gasteiger partial charge in [-0.15, -0.1) is 0 Å². The van der Waals surface area contributed by atoms with Crippen molar-refractivity contribution in [1.82, 2.24) is 29.5 Å². The lowest BCUT2D eigenvalue weighted by molar-refractivity contribution is -0.118. The van der Waals surface area contributed by atoms with E-state index in [9.17, 15) is 4.79 Å². The second-order valence-electron chi connectivity index (χ2n) is 8.31. The Bertz CT molecular complexity index is 1570. The van der Waals surface area contributed by atoms with E-state index in [4.69, 9.17) is 9.47 Å². The number of aromatic nitrogens is 6. The monoisotopic (exact) mass is 483 g/mol. The van der Waals surface area contributed by atoms with Crippen LogP contribution in [-0.2, 0) is 4.79 Å². The summed E-state index contributed by atoms with van der Waals surface area (Å²) in [5.74, 6) is 1.82. The van der Waals surface area contributed by atoms with Crippen LogP contribution in [0.4, 0.5) is 5.82 Å². The van der Waals surface area contributed by atoms with E-state index in [1.165, 1.54) is 6.33 Å². The number of methoxy groups -OCH3 is 1. The van der Waals surface area contributed by atoms with E-state index >= 15 is 0 Å². The van der Waals surface area contributed by atoms with Gasteiger partial charge in [-0.05, 0) is 50.1 Å². The number of nitrogens with zero attached hydrogens (tertiary/aromatic N) is 6. The van der Waals surface area contributed by atoms with Gasteiger partial charge in [0.2, 0.25) is 0 Å². The van der Waals surface area contributed by atoms with Gasteiger partial charge in [0.25, 0.3) is 5.91 Å². The molecule has 0 unspecified atom stereocenters. The second kappa shape index (κ2) is 9.49. The van der Waals surface area contributed by atoms with Crippen molar-refractivity contribution < 1.29 is 14.3 Å². The predicted molar refractivity (Wildman–Crippen MR) is 135 cm³/mol. The predicted octanol–water partition coefficient (Wildman–Crippen LogP) is 3.95. The zero-order valence-corrected chi connectivity index (χ0v) is 20.4. The number of ether oxygens (including phenoxy) is 2. The number of amides is 1. The van der Waals surface area contributed by atoms with Crippen LogP contribution in [0, 0.1) is 20.8 Å². The molecule has 5 rings (SSSR count). The van der Waals surface area contributed by atoms with E-state index in [1.54, 1.807) is 53.0 Å². The molecule has 10 heteroatoms. The lowest BCUT2D eigenvalue weighted by Crippen LogP contribution is -2.22. The summed E-state index contributed by atoms with van der Waals surface area (Å²) in [4.78, 5) is 21.6. The minimum atomic E-state index is -0.338. The molecular formula is C26H25N7O3. The lowest BCUT2D eigenvalue weighted by atomic mass is 10.1. The average molecular weight is 484 g/mol. The van der Waals surface area contributed by atoms with Gasteiger partial charge in [-0.2, -0.15) is 14.9 Å². The third-order valence-corrected chi connectivity index (χ3v) is 5.86. The van der Waals surface area contributed by atoms with Gasteiger partial charge in [-0.25, -0.2) is 14.6 Å². The smallest absolute Gasteiger partial charge is 0.263 e. The fourth-order valence-electron chi connectivity index (χ4n) is 3.91. The third kappa shape index (κ3) is 4.36. The second-order valence-corrected chi connectivity index (χ2v) is 8.31. The lowest BCUT2D eigenvalue weighted by Gasteiger charge is -2.11. The Morgan fingerprint density at radius 2 is 1.81 bits per heavy atom. The summed E-state index contributed by atoms with van der Waals surface area (Å²) in [5.41, 5.74) is 4.57. The number of anilines is 1. The van der Waals surface area contributed by atoms with Crippen LogP contribution in [0.3, 0.4) is 0 Å². The number of benzene rings is 2. The highest BCUT2D eigenvalue weighted by Crippen LogP contribution is 2.26. The van der Waals surface area contributed by atoms with Crippen molar-refractivity contribution in [2.45, 2.75) is 20.8 Å². The highest BCUT2D eigenvalue weighted by Gasteiger charge is 2.18. The molecule has 10 nitrogen and oxygen atoms in total. The van der Waals surface area contributed by atoms with E-state index < -0.39 is 0 Å². The summed E-state index contributed by atoms with van der Waals surface area (Å²) in [6.07, 6.45) is 3.18. The highest BCUT2D eigenvalue weighted by molar-refractivity contribution is 5.92. The van der Waals surface area contributed by atoms with Crippen LogP contribution < -0.4 is 14.8 Å². The summed E-state index contributed by atoms with van der Waals surface area (Å²) in [7, 11) is 1.57. The first kappa shape index (κ1) is 23.0. The van der Waals surface area contributed by atoms with Crippen LogP contribution in [0.2, 0.25) is 0 Å². The maximum Gasteiger partial charge on any atom is 0.263 e. The fraction of sp³-hybridized carbons (Fsp3) is 0.192. The zero-order valence-electron chi connectivity index (χ0n) is 20.4. The first-order valence-electron chi connectivity index (χ1n) is 11.3. The number of nitrogens with one attached hydrogen (secondary N) is 1. The van der Waals surface area contributed by atoms with Crippen LogP contribution in [0.1, 0.15) is 16.8 Å². The molecule has 0 radical (unpaired) electrons. The Kier molecular flexibility index (Phi) is 6.07. The number of fused-ring (bicyclic) bond motifs is 1. The normalized spacial score (nSPS) is 11.0. The molecule has 182 valence electrons. The van der Waals surface area contributed by atoms with Gasteiger partial charge >= 0.3 is 0 Å². The van der Waals surface area contributed by atoms with Gasteiger partial charge in [-0.1, -0.05) is 18.2 Å². The van der Waals surface area contributed by atoms with Crippen molar-refractivity contribution in [1.29, 1.82) is 0 Å². The van der Waals surface area contributed by atoms with Crippen LogP contribution >= 0.6 is 0 Å². The topological polar surface area (TPSA) is 109 Å². The van der Waals surface area contributed by atoms with Gasteiger partial charge < -0.3 is 14.8 Å². The van der Waals surface area contributed by atoms with Crippen molar-refractivity contribution >= 4 is 22.8 Å². The first-order chi connectivity index (χ1) is 17.4. The summed E-state index contributed by atoms with van der Waals surface area (Å²) in [6, 6.07) is 14.9. The molecule has 0 bridgehead atoms. The molecule has 3 heterocycles. The van der Waals surface area contributed by atoms with Gasteiger partial charge in [0.15, 0.2) is 18.1 Å². The van der Waals surface area contributed by atoms with Gasteiger partial charge in [0, 0.05) is 12.1 Å². The van der Waals surface area contributed by atoms with Crippen molar-refractivity contribution in [3.63, 3.8) is 0 Å². The molecule has 36 heavy (non-hydrogen) atoms. The Morgan fingerprint density at radius 3 is 2.64 bits per heavy atom. The molecule has 0 aliphatic heterocycles. The zero-order chi connectivity index (χ0) is 25.2. The van der Waals surface area contributed by atoms with Crippen molar-refractivity contribution in [2.24, 2.45) is 0 Å². The molecule has 5 aromatic rings. The Morgan fingerprint density at radius 1 is 1.00 bits per heavy atom. The van der Waals surface area contributed by atoms with Gasteiger partial charge in [0.1, 0.15) is 23.6 Å². The number of carbonyl (C=O) groups is 1. The van der Waals surface area contributed by atoms with Gasteiger partial charge in [0.05, 0.1) is 30.1 Å². The van der Waals surface area contributed by atoms with Crippen LogP contribution in [0.5, 0.6) is 11.5 Å². The van der Waals surface area contributed by atoms with E-state index in [-0.39, 0.29) is 12.5 Å². The molecular weight excluding hydrogens is 458 g/mol. The molecule has 0 saturated carbocycles. The number of carbonyl (C=O) groups excluding carboxylic acids is 1. The molecule has 1 N–H and O–H groups in total. The molecule has 0 saturated heterocycles. The molecule has 0 aliphatic carbocycles. The van der Waals surface area contributed by atoms with Gasteiger partial charge in [-0.3, -0.25) is 4.79 Å². The molecule has 0 atom stereocenters. The molecule has 1 amide bonds. The number of rotatable bonds is 7. The Labute approximate surface area is 207 Å². The SMILES string of the molecule is COc1cccc(OCC(=O)Nc2cc(C)nn2-c2ncnc3c2cnn3-c2cccc(C)c2C)c1. The van der Waals surface area contributed by atoms with Crippen molar-refractivity contribution in [2.75, 3.05) is 19.0 Å². The highest BCUT2D eigenvalue weighted by atomic mass is 16.5. The van der Waals surface area contributed by atoms with Crippen molar-refractivity contribution in [3.8, 4) is 23.0 Å². The maximum absolute atomic E-state index is 12.7. The number of aryl methyl sites for hydroxylation is 2. The molecule has 2 aromatic carbocycles. The fourth-order valence-corrected chi connectivity index (χ4v) is 3.91. The first-order valence-corrected chi connectivity index (χ1v) is 11.3. The molecule has 0 spiro atoms. The molecule has 0 aliphatic rings. The Hall–Kier alpha value is -4.73. The summed E-state index contributed by atoms with van der Waals surface area (Å²) >= 11 is 0. The minimum Gasteiger partial charge on any atom is -0.497 e. The third-order valence-electron chi connectivity index (χ3n) is 5.86.